The Hall–Kier alpha value is -4.04. The van der Waals surface area contributed by atoms with E-state index in [9.17, 15) is 19.8 Å². The van der Waals surface area contributed by atoms with Crippen LogP contribution in [0.4, 0.5) is 22.2 Å². The van der Waals surface area contributed by atoms with E-state index in [0.29, 0.717) is 48.7 Å². The summed E-state index contributed by atoms with van der Waals surface area (Å²) in [7, 11) is 0. The summed E-state index contributed by atoms with van der Waals surface area (Å²) >= 11 is 0. The largest absolute Gasteiger partial charge is 0.388 e. The Morgan fingerprint density at radius 3 is 2.81 bits per heavy atom. The third-order valence-electron chi connectivity index (χ3n) is 6.84. The highest BCUT2D eigenvalue weighted by Gasteiger charge is 2.43. The van der Waals surface area contributed by atoms with Gasteiger partial charge in [0, 0.05) is 31.7 Å². The number of amides is 3. The van der Waals surface area contributed by atoms with Gasteiger partial charge >= 0.3 is 6.03 Å². The number of imidazole rings is 1. The molecule has 14 heteroatoms. The van der Waals surface area contributed by atoms with Crippen molar-refractivity contribution in [2.75, 3.05) is 29.0 Å². The number of pyridine rings is 1. The van der Waals surface area contributed by atoms with E-state index in [0.717, 1.165) is 0 Å². The SMILES string of the molecule is CCC(=O)N[C@H]1C[C@@H](n2cnc3c(N)nc(N4CCC(NC(=O)Nc5cccnc5)C4)nc32)[C@H](O)[C@@H]1O. The van der Waals surface area contributed by atoms with Gasteiger partial charge in [0.15, 0.2) is 11.5 Å². The molecule has 196 valence electrons. The van der Waals surface area contributed by atoms with E-state index in [1.807, 2.05) is 4.90 Å². The van der Waals surface area contributed by atoms with Crippen LogP contribution in [0, 0.1) is 0 Å². The average Bonchev–Trinajstić information content (AvgIpc) is 3.59. The molecule has 1 aliphatic heterocycles. The van der Waals surface area contributed by atoms with Crippen LogP contribution >= 0.6 is 0 Å². The number of aliphatic hydroxyl groups is 2. The molecule has 5 atom stereocenters. The van der Waals surface area contributed by atoms with Crippen molar-refractivity contribution < 1.29 is 19.8 Å². The van der Waals surface area contributed by atoms with Crippen LogP contribution in [0.1, 0.15) is 32.2 Å². The number of urea groups is 1. The summed E-state index contributed by atoms with van der Waals surface area (Å²) in [4.78, 5) is 43.5. The summed E-state index contributed by atoms with van der Waals surface area (Å²) in [6.45, 7) is 2.81. The first-order valence-corrected chi connectivity index (χ1v) is 12.2. The third-order valence-corrected chi connectivity index (χ3v) is 6.84. The lowest BCUT2D eigenvalue weighted by atomic mass is 10.2. The van der Waals surface area contributed by atoms with Crippen LogP contribution in [0.5, 0.6) is 0 Å². The van der Waals surface area contributed by atoms with Crippen LogP contribution in [0.15, 0.2) is 30.9 Å². The second kappa shape index (κ2) is 10.1. The van der Waals surface area contributed by atoms with Crippen molar-refractivity contribution in [2.24, 2.45) is 0 Å². The number of aromatic nitrogens is 5. The van der Waals surface area contributed by atoms with Crippen LogP contribution < -0.4 is 26.6 Å². The first kappa shape index (κ1) is 24.6. The maximum absolute atomic E-state index is 12.4. The zero-order valence-electron chi connectivity index (χ0n) is 20.3. The van der Waals surface area contributed by atoms with Gasteiger partial charge in [-0.15, -0.1) is 0 Å². The number of nitrogens with one attached hydrogen (secondary N) is 3. The number of fused-ring (bicyclic) bond motifs is 1. The fraction of sp³-hybridized carbons (Fsp3) is 0.478. The maximum atomic E-state index is 12.4. The minimum atomic E-state index is -1.13. The Morgan fingerprint density at radius 2 is 2.05 bits per heavy atom. The number of hydrogen-bond acceptors (Lipinski definition) is 10. The van der Waals surface area contributed by atoms with Gasteiger partial charge < -0.3 is 41.4 Å². The van der Waals surface area contributed by atoms with Gasteiger partial charge in [-0.25, -0.2) is 9.78 Å². The summed E-state index contributed by atoms with van der Waals surface area (Å²) in [6, 6.07) is 1.88. The van der Waals surface area contributed by atoms with Crippen LogP contribution in [-0.2, 0) is 4.79 Å². The molecule has 0 aromatic carbocycles. The first-order valence-electron chi connectivity index (χ1n) is 12.2. The smallest absolute Gasteiger partial charge is 0.319 e. The number of nitrogens with zero attached hydrogens (tertiary/aromatic N) is 6. The summed E-state index contributed by atoms with van der Waals surface area (Å²) in [5, 5.41) is 29.7. The Morgan fingerprint density at radius 1 is 1.22 bits per heavy atom. The normalized spacial score (nSPS) is 25.4. The molecule has 5 rings (SSSR count). The molecule has 0 bridgehead atoms. The van der Waals surface area contributed by atoms with Crippen LogP contribution in [0.3, 0.4) is 0 Å². The molecule has 37 heavy (non-hydrogen) atoms. The monoisotopic (exact) mass is 510 g/mol. The standard InChI is InChI=1S/C23H30N10O4/c1-2-16(34)29-14-8-15(19(36)18(14)35)33-11-26-17-20(24)30-22(31-21(17)33)32-7-5-13(10-32)28-23(37)27-12-4-3-6-25-9-12/h3-4,6,9,11,13-15,18-19,35-36H,2,5,7-8,10H2,1H3,(H,29,34)(H2,24,30,31)(H2,27,28,37)/t13?,14-,15+,18+,19-/m0/s1. The lowest BCUT2D eigenvalue weighted by molar-refractivity contribution is -0.122. The van der Waals surface area contributed by atoms with Gasteiger partial charge in [0.1, 0.15) is 17.7 Å². The number of carbonyl (C=O) groups excluding carboxylic acids is 2. The lowest BCUT2D eigenvalue weighted by Crippen LogP contribution is -2.42. The minimum absolute atomic E-state index is 0.128. The maximum Gasteiger partial charge on any atom is 0.319 e. The van der Waals surface area contributed by atoms with Crippen molar-refractivity contribution >= 4 is 40.6 Å². The molecule has 1 saturated heterocycles. The van der Waals surface area contributed by atoms with E-state index in [2.05, 4.69) is 35.9 Å². The molecule has 2 fully saturated rings. The molecule has 3 aromatic rings. The molecule has 0 spiro atoms. The number of aliphatic hydroxyl groups excluding tert-OH is 2. The van der Waals surface area contributed by atoms with Crippen LogP contribution in [0.2, 0.25) is 0 Å². The van der Waals surface area contributed by atoms with Crippen molar-refractivity contribution in [3.8, 4) is 0 Å². The zero-order chi connectivity index (χ0) is 26.1. The van der Waals surface area contributed by atoms with Crippen LogP contribution in [-0.4, -0.2) is 84.0 Å². The molecule has 3 amide bonds. The van der Waals surface area contributed by atoms with Gasteiger partial charge in [0.2, 0.25) is 11.9 Å². The van der Waals surface area contributed by atoms with Gasteiger partial charge in [-0.3, -0.25) is 9.78 Å². The predicted molar refractivity (Wildman–Crippen MR) is 135 cm³/mol. The van der Waals surface area contributed by atoms with Gasteiger partial charge in [-0.05, 0) is 25.0 Å². The molecule has 1 saturated carbocycles. The Labute approximate surface area is 212 Å². The molecule has 14 nitrogen and oxygen atoms in total. The number of nitrogens with two attached hydrogens (primary N) is 1. The highest BCUT2D eigenvalue weighted by atomic mass is 16.3. The zero-order valence-corrected chi connectivity index (χ0v) is 20.3. The van der Waals surface area contributed by atoms with Gasteiger partial charge in [0.25, 0.3) is 0 Å². The number of rotatable bonds is 6. The highest BCUT2D eigenvalue weighted by molar-refractivity contribution is 5.89. The number of hydrogen-bond donors (Lipinski definition) is 6. The Balaban J connectivity index is 1.31. The molecule has 0 radical (unpaired) electrons. The molecular formula is C23H30N10O4. The fourth-order valence-corrected chi connectivity index (χ4v) is 4.90. The van der Waals surface area contributed by atoms with Gasteiger partial charge in [0.05, 0.1) is 30.3 Å². The molecule has 2 aliphatic rings. The molecule has 4 heterocycles. The Kier molecular flexibility index (Phi) is 6.76. The number of nitrogen functional groups attached to an aromatic ring is 1. The summed E-state index contributed by atoms with van der Waals surface area (Å²) in [6.07, 6.45) is 3.73. The lowest BCUT2D eigenvalue weighted by Gasteiger charge is -2.20. The predicted octanol–water partition coefficient (Wildman–Crippen LogP) is -0.235. The molecule has 3 aromatic heterocycles. The van der Waals surface area contributed by atoms with Gasteiger partial charge in [-0.2, -0.15) is 9.97 Å². The van der Waals surface area contributed by atoms with E-state index >= 15 is 0 Å². The Bertz CT molecular complexity index is 1290. The molecule has 1 unspecified atom stereocenters. The van der Waals surface area contributed by atoms with Crippen molar-refractivity contribution in [2.45, 2.75) is 56.5 Å². The van der Waals surface area contributed by atoms with E-state index in [1.54, 1.807) is 36.0 Å². The summed E-state index contributed by atoms with van der Waals surface area (Å²) < 4.78 is 1.68. The average molecular weight is 511 g/mol. The summed E-state index contributed by atoms with van der Waals surface area (Å²) in [5.74, 6) is 0.369. The van der Waals surface area contributed by atoms with E-state index in [4.69, 9.17) is 5.73 Å². The quantitative estimate of drug-likeness (QED) is 0.257. The second-order valence-electron chi connectivity index (χ2n) is 9.32. The molecule has 1 aliphatic carbocycles. The number of anilines is 3. The molecule has 7 N–H and O–H groups in total. The third kappa shape index (κ3) is 4.97. The minimum Gasteiger partial charge on any atom is -0.388 e. The van der Waals surface area contributed by atoms with Crippen molar-refractivity contribution in [1.29, 1.82) is 0 Å². The van der Waals surface area contributed by atoms with Crippen molar-refractivity contribution in [1.82, 2.24) is 35.1 Å². The van der Waals surface area contributed by atoms with E-state index in [1.165, 1.54) is 6.33 Å². The van der Waals surface area contributed by atoms with Gasteiger partial charge in [-0.1, -0.05) is 6.92 Å². The van der Waals surface area contributed by atoms with Crippen molar-refractivity contribution in [3.63, 3.8) is 0 Å². The first-order chi connectivity index (χ1) is 17.8. The van der Waals surface area contributed by atoms with E-state index in [-0.39, 0.29) is 30.2 Å². The fourth-order valence-electron chi connectivity index (χ4n) is 4.90. The highest BCUT2D eigenvalue weighted by Crippen LogP contribution is 2.34. The number of carbonyl (C=O) groups is 2. The second-order valence-corrected chi connectivity index (χ2v) is 9.32. The molecular weight excluding hydrogens is 480 g/mol. The van der Waals surface area contributed by atoms with E-state index < -0.39 is 24.3 Å². The van der Waals surface area contributed by atoms with Crippen LogP contribution in [0.25, 0.3) is 11.2 Å². The summed E-state index contributed by atoms with van der Waals surface area (Å²) in [5.41, 5.74) is 7.61. The topological polar surface area (TPSA) is 196 Å². The van der Waals surface area contributed by atoms with Crippen molar-refractivity contribution in [3.05, 3.63) is 30.9 Å².